The highest BCUT2D eigenvalue weighted by atomic mass is 16.5. The molecular formula is C19H24N4O4. The Hall–Kier alpha value is -2.71. The number of benzene rings is 1. The van der Waals surface area contributed by atoms with Crippen molar-refractivity contribution in [2.24, 2.45) is 0 Å². The number of aliphatic carboxylic acids is 1. The van der Waals surface area contributed by atoms with E-state index in [2.05, 4.69) is 5.10 Å². The first kappa shape index (κ1) is 19.1. The van der Waals surface area contributed by atoms with Gasteiger partial charge in [0.1, 0.15) is 0 Å². The Morgan fingerprint density at radius 2 is 2.07 bits per heavy atom. The molecule has 1 aliphatic rings. The van der Waals surface area contributed by atoms with E-state index in [0.717, 1.165) is 11.3 Å². The number of carboxylic acid groups (broad SMARTS) is 1. The molecule has 1 aromatic heterocycles. The summed E-state index contributed by atoms with van der Waals surface area (Å²) in [6.07, 6.45) is 3.52. The van der Waals surface area contributed by atoms with Gasteiger partial charge in [0.25, 0.3) is 5.91 Å². The maximum atomic E-state index is 12.8. The summed E-state index contributed by atoms with van der Waals surface area (Å²) in [5.74, 6) is -0.930. The molecule has 144 valence electrons. The SMILES string of the molecule is Cc1cnn(-c2ccc(C(=O)N3CCOC(CN(C)CC(=O)O)C3)cc2)c1. The van der Waals surface area contributed by atoms with Gasteiger partial charge in [-0.15, -0.1) is 0 Å². The third kappa shape index (κ3) is 4.93. The van der Waals surface area contributed by atoms with Crippen molar-refractivity contribution >= 4 is 11.9 Å². The molecule has 0 spiro atoms. The monoisotopic (exact) mass is 372 g/mol. The molecule has 8 heteroatoms. The number of carbonyl (C=O) groups excluding carboxylic acids is 1. The number of rotatable bonds is 6. The lowest BCUT2D eigenvalue weighted by atomic mass is 10.1. The van der Waals surface area contributed by atoms with Crippen molar-refractivity contribution in [3.8, 4) is 5.69 Å². The van der Waals surface area contributed by atoms with Crippen molar-refractivity contribution in [3.05, 3.63) is 47.8 Å². The van der Waals surface area contributed by atoms with E-state index in [1.54, 1.807) is 39.9 Å². The molecule has 0 radical (unpaired) electrons. The van der Waals surface area contributed by atoms with E-state index in [-0.39, 0.29) is 18.6 Å². The quantitative estimate of drug-likeness (QED) is 0.815. The predicted molar refractivity (Wildman–Crippen MR) is 99.1 cm³/mol. The van der Waals surface area contributed by atoms with Crippen molar-refractivity contribution in [3.63, 3.8) is 0 Å². The van der Waals surface area contributed by atoms with Crippen LogP contribution in [0.3, 0.4) is 0 Å². The molecule has 1 aromatic carbocycles. The Labute approximate surface area is 157 Å². The second kappa shape index (κ2) is 8.32. The average molecular weight is 372 g/mol. The summed E-state index contributed by atoms with van der Waals surface area (Å²) >= 11 is 0. The number of likely N-dealkylation sites (N-methyl/N-ethyl adjacent to an activating group) is 1. The summed E-state index contributed by atoms with van der Waals surface area (Å²) in [6, 6.07) is 7.35. The fraction of sp³-hybridized carbons (Fsp3) is 0.421. The lowest BCUT2D eigenvalue weighted by molar-refractivity contribution is -0.138. The molecule has 1 fully saturated rings. The number of ether oxygens (including phenoxy) is 1. The standard InChI is InChI=1S/C19H24N4O4/c1-14-9-20-23(10-14)16-5-3-15(4-6-16)19(26)22-7-8-27-17(12-22)11-21(2)13-18(24)25/h3-6,9-10,17H,7-8,11-13H2,1-2H3,(H,24,25). The molecule has 2 heterocycles. The van der Waals surface area contributed by atoms with Gasteiger partial charge in [-0.25, -0.2) is 4.68 Å². The molecule has 3 rings (SSSR count). The Morgan fingerprint density at radius 1 is 1.33 bits per heavy atom. The summed E-state index contributed by atoms with van der Waals surface area (Å²) in [5, 5.41) is 13.1. The molecular weight excluding hydrogens is 348 g/mol. The Morgan fingerprint density at radius 3 is 2.70 bits per heavy atom. The number of amides is 1. The summed E-state index contributed by atoms with van der Waals surface area (Å²) in [4.78, 5) is 27.0. The molecule has 1 amide bonds. The molecule has 1 saturated heterocycles. The van der Waals surface area contributed by atoms with E-state index in [0.29, 0.717) is 31.8 Å². The van der Waals surface area contributed by atoms with Gasteiger partial charge in [0.2, 0.25) is 0 Å². The molecule has 27 heavy (non-hydrogen) atoms. The number of aryl methyl sites for hydroxylation is 1. The molecule has 0 bridgehead atoms. The van der Waals surface area contributed by atoms with Crippen LogP contribution in [0.25, 0.3) is 5.69 Å². The fourth-order valence-electron chi connectivity index (χ4n) is 3.15. The largest absolute Gasteiger partial charge is 0.480 e. The van der Waals surface area contributed by atoms with E-state index in [4.69, 9.17) is 9.84 Å². The van der Waals surface area contributed by atoms with Gasteiger partial charge in [-0.3, -0.25) is 14.5 Å². The van der Waals surface area contributed by atoms with Crippen LogP contribution in [0.4, 0.5) is 0 Å². The molecule has 0 aliphatic carbocycles. The number of carbonyl (C=O) groups is 2. The zero-order chi connectivity index (χ0) is 19.4. The zero-order valence-corrected chi connectivity index (χ0v) is 15.5. The van der Waals surface area contributed by atoms with Gasteiger partial charge >= 0.3 is 5.97 Å². The minimum Gasteiger partial charge on any atom is -0.480 e. The van der Waals surface area contributed by atoms with Crippen LogP contribution in [-0.2, 0) is 9.53 Å². The highest BCUT2D eigenvalue weighted by Gasteiger charge is 2.26. The number of morpholine rings is 1. The van der Waals surface area contributed by atoms with Gasteiger partial charge in [-0.1, -0.05) is 0 Å². The smallest absolute Gasteiger partial charge is 0.317 e. The lowest BCUT2D eigenvalue weighted by Crippen LogP contribution is -2.49. The Bertz CT molecular complexity index is 802. The van der Waals surface area contributed by atoms with Crippen LogP contribution in [0, 0.1) is 6.92 Å². The van der Waals surface area contributed by atoms with Crippen molar-refractivity contribution < 1.29 is 19.4 Å². The third-order valence-electron chi connectivity index (χ3n) is 4.44. The van der Waals surface area contributed by atoms with E-state index >= 15 is 0 Å². The van der Waals surface area contributed by atoms with Crippen molar-refractivity contribution in [2.75, 3.05) is 39.8 Å². The van der Waals surface area contributed by atoms with Crippen molar-refractivity contribution in [1.82, 2.24) is 19.6 Å². The molecule has 8 nitrogen and oxygen atoms in total. The first-order chi connectivity index (χ1) is 12.9. The first-order valence-corrected chi connectivity index (χ1v) is 8.85. The van der Waals surface area contributed by atoms with Crippen LogP contribution in [0.1, 0.15) is 15.9 Å². The van der Waals surface area contributed by atoms with Crippen LogP contribution >= 0.6 is 0 Å². The summed E-state index contributed by atoms with van der Waals surface area (Å²) in [5.41, 5.74) is 2.58. The molecule has 2 aromatic rings. The molecule has 1 aliphatic heterocycles. The van der Waals surface area contributed by atoms with Gasteiger partial charge in [0, 0.05) is 31.4 Å². The number of hydrogen-bond acceptors (Lipinski definition) is 5. The second-order valence-electron chi connectivity index (χ2n) is 6.84. The average Bonchev–Trinajstić information content (AvgIpc) is 3.07. The molecule has 1 unspecified atom stereocenters. The van der Waals surface area contributed by atoms with Gasteiger partial charge in [-0.05, 0) is 43.8 Å². The minimum absolute atomic E-state index is 0.0487. The normalized spacial score (nSPS) is 17.3. The Balaban J connectivity index is 1.62. The molecule has 1 N–H and O–H groups in total. The summed E-state index contributed by atoms with van der Waals surface area (Å²) in [6.45, 7) is 3.81. The maximum absolute atomic E-state index is 12.8. The molecule has 1 atom stereocenters. The first-order valence-electron chi connectivity index (χ1n) is 8.85. The summed E-state index contributed by atoms with van der Waals surface area (Å²) < 4.78 is 7.46. The van der Waals surface area contributed by atoms with Crippen molar-refractivity contribution in [1.29, 1.82) is 0 Å². The van der Waals surface area contributed by atoms with E-state index in [9.17, 15) is 9.59 Å². The lowest BCUT2D eigenvalue weighted by Gasteiger charge is -2.34. The van der Waals surface area contributed by atoms with E-state index in [1.807, 2.05) is 25.3 Å². The van der Waals surface area contributed by atoms with Crippen LogP contribution in [-0.4, -0.2) is 82.5 Å². The zero-order valence-electron chi connectivity index (χ0n) is 15.5. The number of aromatic nitrogens is 2. The van der Waals surface area contributed by atoms with Gasteiger partial charge in [0.15, 0.2) is 0 Å². The number of hydrogen-bond donors (Lipinski definition) is 1. The van der Waals surface area contributed by atoms with Crippen LogP contribution in [0.2, 0.25) is 0 Å². The number of nitrogens with zero attached hydrogens (tertiary/aromatic N) is 4. The minimum atomic E-state index is -0.881. The highest BCUT2D eigenvalue weighted by Crippen LogP contribution is 2.14. The van der Waals surface area contributed by atoms with Crippen molar-refractivity contribution in [2.45, 2.75) is 13.0 Å². The van der Waals surface area contributed by atoms with Gasteiger partial charge in [0.05, 0.1) is 31.1 Å². The molecule has 0 saturated carbocycles. The second-order valence-corrected chi connectivity index (χ2v) is 6.84. The third-order valence-corrected chi connectivity index (χ3v) is 4.44. The van der Waals surface area contributed by atoms with Crippen LogP contribution in [0.15, 0.2) is 36.7 Å². The maximum Gasteiger partial charge on any atom is 0.317 e. The topological polar surface area (TPSA) is 87.9 Å². The highest BCUT2D eigenvalue weighted by molar-refractivity contribution is 5.94. The Kier molecular flexibility index (Phi) is 5.88. The summed E-state index contributed by atoms with van der Waals surface area (Å²) in [7, 11) is 1.73. The van der Waals surface area contributed by atoms with Crippen LogP contribution in [0.5, 0.6) is 0 Å². The van der Waals surface area contributed by atoms with E-state index < -0.39 is 5.97 Å². The van der Waals surface area contributed by atoms with Gasteiger partial charge in [-0.2, -0.15) is 5.10 Å². The number of carboxylic acids is 1. The van der Waals surface area contributed by atoms with Crippen LogP contribution < -0.4 is 0 Å². The predicted octanol–water partition coefficient (Wildman–Crippen LogP) is 1.04. The van der Waals surface area contributed by atoms with Gasteiger partial charge < -0.3 is 14.7 Å². The fourth-order valence-corrected chi connectivity index (χ4v) is 3.15. The van der Waals surface area contributed by atoms with E-state index in [1.165, 1.54) is 0 Å².